The Bertz CT molecular complexity index is 2430. The molecule has 2 atom stereocenters. The fourth-order valence-electron chi connectivity index (χ4n) is 6.76. The zero-order valence-corrected chi connectivity index (χ0v) is 32.3. The molecule has 0 bridgehead atoms. The van der Waals surface area contributed by atoms with Gasteiger partial charge in [0.15, 0.2) is 0 Å². The SMILES string of the molecule is C=CCc1cc(C(C)(C)c2ccc(SP3(=O)Oc4ccccc4-c4ccccc43)c(CC=C)c2)ccc1O[PH](=O)c1ccccc1-c1ccccc1O. The molecule has 8 heteroatoms. The van der Waals surface area contributed by atoms with Gasteiger partial charge in [-0.1, -0.05) is 123 Å². The summed E-state index contributed by atoms with van der Waals surface area (Å²) in [5, 5.41) is 11.8. The summed E-state index contributed by atoms with van der Waals surface area (Å²) in [6.45, 7) is 8.96. The monoisotopic (exact) mass is 754 g/mol. The molecule has 1 aliphatic rings. The van der Waals surface area contributed by atoms with Gasteiger partial charge in [-0.15, -0.1) is 13.2 Å². The summed E-state index contributed by atoms with van der Waals surface area (Å²) in [7, 11) is -2.76. The van der Waals surface area contributed by atoms with Crippen LogP contribution >= 0.6 is 26.0 Å². The predicted octanol–water partition coefficient (Wildman–Crippen LogP) is 11.7. The number of phenolic OH excluding ortho intramolecular Hbond substituents is 1. The van der Waals surface area contributed by atoms with E-state index in [2.05, 4.69) is 45.2 Å². The molecule has 0 spiro atoms. The average Bonchev–Trinajstić information content (AvgIpc) is 3.16. The number of para-hydroxylation sites is 2. The molecule has 6 aromatic rings. The summed E-state index contributed by atoms with van der Waals surface area (Å²) in [6.07, 6.45) is 4.79. The lowest BCUT2D eigenvalue weighted by atomic mass is 9.77. The number of phenols is 1. The van der Waals surface area contributed by atoms with E-state index in [1.54, 1.807) is 24.3 Å². The Labute approximate surface area is 316 Å². The highest BCUT2D eigenvalue weighted by atomic mass is 32.7. The van der Waals surface area contributed by atoms with E-state index in [1.165, 1.54) is 11.4 Å². The number of hydrogen-bond acceptors (Lipinski definition) is 6. The third kappa shape index (κ3) is 7.20. The van der Waals surface area contributed by atoms with Gasteiger partial charge in [0.05, 0.1) is 10.6 Å². The largest absolute Gasteiger partial charge is 0.507 e. The molecular weight excluding hydrogens is 715 g/mol. The lowest BCUT2D eigenvalue weighted by Gasteiger charge is -2.30. The van der Waals surface area contributed by atoms with Crippen LogP contribution in [-0.4, -0.2) is 5.11 Å². The molecule has 0 saturated heterocycles. The van der Waals surface area contributed by atoms with E-state index in [9.17, 15) is 14.2 Å². The standard InChI is InChI=1S/C45H40O5P2S/c1-5-15-31-29-33(25-27-40(31)49-51(47)42-23-13-9-19-37(42)35-17-7-11-21-39(35)46)45(3,4)34-26-28-44(32(30-34)16-6-2)53-52(48)43-24-14-10-20-38(43)36-18-8-12-22-41(36)50-52/h5-14,17-30,46,51H,1-2,15-16H2,3-4H3. The van der Waals surface area contributed by atoms with Crippen LogP contribution in [0.4, 0.5) is 0 Å². The molecule has 266 valence electrons. The number of fused-ring (bicyclic) bond motifs is 3. The van der Waals surface area contributed by atoms with Crippen LogP contribution in [0.3, 0.4) is 0 Å². The van der Waals surface area contributed by atoms with Gasteiger partial charge in [-0.3, -0.25) is 9.13 Å². The molecule has 0 aromatic heterocycles. The molecule has 0 aliphatic carbocycles. The lowest BCUT2D eigenvalue weighted by Crippen LogP contribution is -2.20. The highest BCUT2D eigenvalue weighted by Gasteiger charge is 2.38. The summed E-state index contributed by atoms with van der Waals surface area (Å²) in [4.78, 5) is 0.882. The lowest BCUT2D eigenvalue weighted by molar-refractivity contribution is 0.477. The molecular formula is C45H40O5P2S. The maximum Gasteiger partial charge on any atom is 0.338 e. The molecule has 1 heterocycles. The number of rotatable bonds is 12. The topological polar surface area (TPSA) is 72.8 Å². The van der Waals surface area contributed by atoms with Crippen molar-refractivity contribution < 1.29 is 23.3 Å². The molecule has 5 nitrogen and oxygen atoms in total. The molecule has 2 unspecified atom stereocenters. The van der Waals surface area contributed by atoms with Crippen molar-refractivity contribution in [3.05, 3.63) is 181 Å². The van der Waals surface area contributed by atoms with Crippen LogP contribution in [0.5, 0.6) is 17.2 Å². The predicted molar refractivity (Wildman–Crippen MR) is 221 cm³/mol. The van der Waals surface area contributed by atoms with E-state index in [0.29, 0.717) is 46.1 Å². The minimum absolute atomic E-state index is 0.115. The van der Waals surface area contributed by atoms with Gasteiger partial charge in [-0.25, -0.2) is 0 Å². The molecule has 0 amide bonds. The second kappa shape index (κ2) is 15.2. The van der Waals surface area contributed by atoms with E-state index < -0.39 is 20.0 Å². The number of aromatic hydroxyl groups is 1. The summed E-state index contributed by atoms with van der Waals surface area (Å²) in [5.41, 5.74) is 6.72. The van der Waals surface area contributed by atoms with Gasteiger partial charge in [-0.2, -0.15) is 0 Å². The molecule has 1 N–H and O–H groups in total. The van der Waals surface area contributed by atoms with Crippen LogP contribution in [0.25, 0.3) is 22.3 Å². The summed E-state index contributed by atoms with van der Waals surface area (Å²) < 4.78 is 41.1. The normalized spacial score (nSPS) is 15.4. The summed E-state index contributed by atoms with van der Waals surface area (Å²) in [5.74, 6) is 1.26. The number of hydrogen-bond donors (Lipinski definition) is 1. The Morgan fingerprint density at radius 2 is 1.32 bits per heavy atom. The van der Waals surface area contributed by atoms with Gasteiger partial charge >= 0.3 is 6.57 Å². The Balaban J connectivity index is 1.19. The van der Waals surface area contributed by atoms with Crippen molar-refractivity contribution in [3.8, 4) is 39.5 Å². The first kappa shape index (κ1) is 36.4. The highest BCUT2D eigenvalue weighted by molar-refractivity contribution is 8.59. The van der Waals surface area contributed by atoms with Gasteiger partial charge in [0.25, 0.3) is 8.03 Å². The fourth-order valence-corrected chi connectivity index (χ4v) is 12.4. The van der Waals surface area contributed by atoms with Crippen molar-refractivity contribution in [1.82, 2.24) is 0 Å². The van der Waals surface area contributed by atoms with Gasteiger partial charge in [0, 0.05) is 27.0 Å². The first-order valence-corrected chi connectivity index (χ1v) is 21.8. The van der Waals surface area contributed by atoms with Crippen molar-refractivity contribution in [1.29, 1.82) is 0 Å². The first-order chi connectivity index (χ1) is 25.6. The second-order valence-electron chi connectivity index (χ2n) is 13.4. The second-order valence-corrected chi connectivity index (χ2v) is 19.0. The minimum atomic E-state index is -3.38. The van der Waals surface area contributed by atoms with Gasteiger partial charge in [-0.05, 0) is 88.4 Å². The van der Waals surface area contributed by atoms with Crippen molar-refractivity contribution in [2.75, 3.05) is 0 Å². The number of allylic oxidation sites excluding steroid dienone is 2. The summed E-state index contributed by atoms with van der Waals surface area (Å²) in [6, 6.07) is 42.2. The van der Waals surface area contributed by atoms with Crippen LogP contribution in [-0.2, 0) is 27.4 Å². The fraction of sp³-hybridized carbons (Fsp3) is 0.111. The van der Waals surface area contributed by atoms with Crippen LogP contribution in [0.15, 0.2) is 164 Å². The quantitative estimate of drug-likeness (QED) is 0.0991. The van der Waals surface area contributed by atoms with Crippen LogP contribution in [0, 0.1) is 0 Å². The zero-order valence-electron chi connectivity index (χ0n) is 29.6. The highest BCUT2D eigenvalue weighted by Crippen LogP contribution is 2.66. The van der Waals surface area contributed by atoms with E-state index in [4.69, 9.17) is 9.05 Å². The molecule has 6 aromatic carbocycles. The van der Waals surface area contributed by atoms with E-state index in [0.717, 1.165) is 38.3 Å². The molecule has 0 saturated carbocycles. The average molecular weight is 755 g/mol. The Morgan fingerprint density at radius 3 is 2.06 bits per heavy atom. The Kier molecular flexibility index (Phi) is 10.4. The third-order valence-electron chi connectivity index (χ3n) is 9.65. The van der Waals surface area contributed by atoms with Crippen molar-refractivity contribution in [2.24, 2.45) is 0 Å². The smallest absolute Gasteiger partial charge is 0.338 e. The molecule has 1 aliphatic heterocycles. The molecule has 0 radical (unpaired) electrons. The van der Waals surface area contributed by atoms with Crippen molar-refractivity contribution in [2.45, 2.75) is 37.0 Å². The van der Waals surface area contributed by atoms with Gasteiger partial charge in [0.2, 0.25) is 0 Å². The first-order valence-electron chi connectivity index (χ1n) is 17.4. The summed E-state index contributed by atoms with van der Waals surface area (Å²) >= 11 is 1.29. The Hall–Kier alpha value is -4.99. The molecule has 53 heavy (non-hydrogen) atoms. The van der Waals surface area contributed by atoms with Crippen LogP contribution in [0.1, 0.15) is 36.1 Å². The van der Waals surface area contributed by atoms with Gasteiger partial charge < -0.3 is 14.2 Å². The van der Waals surface area contributed by atoms with Crippen LogP contribution < -0.4 is 19.7 Å². The van der Waals surface area contributed by atoms with E-state index in [-0.39, 0.29) is 5.75 Å². The minimum Gasteiger partial charge on any atom is -0.507 e. The van der Waals surface area contributed by atoms with Crippen LogP contribution in [0.2, 0.25) is 0 Å². The van der Waals surface area contributed by atoms with Crippen molar-refractivity contribution >= 4 is 36.6 Å². The van der Waals surface area contributed by atoms with Crippen molar-refractivity contribution in [3.63, 3.8) is 0 Å². The number of benzene rings is 6. The molecule has 0 fully saturated rings. The molecule has 7 rings (SSSR count). The zero-order chi connectivity index (χ0) is 37.2. The van der Waals surface area contributed by atoms with Gasteiger partial charge in [0.1, 0.15) is 17.2 Å². The maximum absolute atomic E-state index is 14.7. The van der Waals surface area contributed by atoms with E-state index in [1.807, 2.05) is 103 Å². The third-order valence-corrected chi connectivity index (χ3v) is 15.3. The van der Waals surface area contributed by atoms with E-state index >= 15 is 0 Å². The Morgan fingerprint density at radius 1 is 0.736 bits per heavy atom. The maximum atomic E-state index is 14.7.